The molecule has 0 atom stereocenters. The molecular formula is C6H7NS2. The van der Waals surface area contributed by atoms with Gasteiger partial charge in [-0.25, -0.2) is 0 Å². The van der Waals surface area contributed by atoms with E-state index in [-0.39, 0.29) is 0 Å². The Bertz CT molecular complexity index is 191. The van der Waals surface area contributed by atoms with Gasteiger partial charge in [-0.15, -0.1) is 0 Å². The number of hydrogen-bond acceptors (Lipinski definition) is 2. The standard InChI is InChI=1S/C6H7NS2/c1-7-6(8)5-2-3-9-4-5/h2-4H,1H3,(H,7,8). The zero-order valence-corrected chi connectivity index (χ0v) is 6.68. The summed E-state index contributed by atoms with van der Waals surface area (Å²) in [4.78, 5) is 0.816. The van der Waals surface area contributed by atoms with E-state index in [2.05, 4.69) is 5.32 Å². The molecule has 0 aliphatic heterocycles. The first-order valence-electron chi connectivity index (χ1n) is 2.59. The van der Waals surface area contributed by atoms with Gasteiger partial charge in [-0.2, -0.15) is 11.3 Å². The van der Waals surface area contributed by atoms with Gasteiger partial charge in [0.15, 0.2) is 0 Å². The van der Waals surface area contributed by atoms with Crippen LogP contribution < -0.4 is 5.32 Å². The highest BCUT2D eigenvalue weighted by atomic mass is 32.1. The van der Waals surface area contributed by atoms with E-state index in [1.54, 1.807) is 11.3 Å². The molecule has 0 saturated heterocycles. The first-order valence-corrected chi connectivity index (χ1v) is 3.94. The Kier molecular flexibility index (Phi) is 2.19. The molecule has 3 heteroatoms. The van der Waals surface area contributed by atoms with E-state index in [1.807, 2.05) is 23.9 Å². The van der Waals surface area contributed by atoms with E-state index in [0.29, 0.717) is 0 Å². The Balaban J connectivity index is 2.77. The maximum absolute atomic E-state index is 4.97. The topological polar surface area (TPSA) is 12.0 Å². The molecule has 0 unspecified atom stereocenters. The largest absolute Gasteiger partial charge is 0.379 e. The van der Waals surface area contributed by atoms with Crippen molar-refractivity contribution in [3.8, 4) is 0 Å². The lowest BCUT2D eigenvalue weighted by atomic mass is 10.3. The number of hydrogen-bond donors (Lipinski definition) is 1. The first kappa shape index (κ1) is 6.71. The molecule has 1 aromatic heterocycles. The van der Waals surface area contributed by atoms with E-state index in [1.165, 1.54) is 0 Å². The fourth-order valence-corrected chi connectivity index (χ4v) is 1.39. The van der Waals surface area contributed by atoms with Crippen molar-refractivity contribution in [3.63, 3.8) is 0 Å². The van der Waals surface area contributed by atoms with Crippen LogP contribution in [0.2, 0.25) is 0 Å². The lowest BCUT2D eigenvalue weighted by Crippen LogP contribution is -2.15. The molecule has 1 N–H and O–H groups in total. The number of thiocarbonyl (C=S) groups is 1. The van der Waals surface area contributed by atoms with Crippen molar-refractivity contribution >= 4 is 28.5 Å². The quantitative estimate of drug-likeness (QED) is 0.622. The highest BCUT2D eigenvalue weighted by molar-refractivity contribution is 7.80. The Hall–Kier alpha value is -0.410. The van der Waals surface area contributed by atoms with Crippen molar-refractivity contribution in [3.05, 3.63) is 22.4 Å². The van der Waals surface area contributed by atoms with E-state index in [0.717, 1.165) is 10.6 Å². The summed E-state index contributed by atoms with van der Waals surface area (Å²) in [7, 11) is 1.83. The molecule has 0 aliphatic carbocycles. The van der Waals surface area contributed by atoms with Gasteiger partial charge in [-0.3, -0.25) is 0 Å². The Morgan fingerprint density at radius 3 is 3.00 bits per heavy atom. The van der Waals surface area contributed by atoms with Gasteiger partial charge in [-0.05, 0) is 11.4 Å². The molecule has 1 heterocycles. The minimum absolute atomic E-state index is 0.816. The molecule has 0 aliphatic rings. The monoisotopic (exact) mass is 157 g/mol. The smallest absolute Gasteiger partial charge is 0.107 e. The van der Waals surface area contributed by atoms with Crippen LogP contribution in [0.25, 0.3) is 0 Å². The maximum atomic E-state index is 4.97. The van der Waals surface area contributed by atoms with Crippen LogP contribution in [-0.2, 0) is 0 Å². The molecule has 0 radical (unpaired) electrons. The van der Waals surface area contributed by atoms with Gasteiger partial charge in [0.25, 0.3) is 0 Å². The summed E-state index contributed by atoms with van der Waals surface area (Å²) in [6.45, 7) is 0. The van der Waals surface area contributed by atoms with Crippen LogP contribution in [0, 0.1) is 0 Å². The summed E-state index contributed by atoms with van der Waals surface area (Å²) < 4.78 is 0. The van der Waals surface area contributed by atoms with Gasteiger partial charge in [0.05, 0.1) is 0 Å². The fourth-order valence-electron chi connectivity index (χ4n) is 0.538. The average molecular weight is 157 g/mol. The van der Waals surface area contributed by atoms with Gasteiger partial charge in [0.1, 0.15) is 4.99 Å². The van der Waals surface area contributed by atoms with Crippen LogP contribution in [0.3, 0.4) is 0 Å². The van der Waals surface area contributed by atoms with Gasteiger partial charge >= 0.3 is 0 Å². The maximum Gasteiger partial charge on any atom is 0.107 e. The number of thiophene rings is 1. The molecule has 1 rings (SSSR count). The minimum atomic E-state index is 0.816. The van der Waals surface area contributed by atoms with Crippen LogP contribution in [-0.4, -0.2) is 12.0 Å². The molecule has 1 aromatic rings. The zero-order chi connectivity index (χ0) is 6.69. The molecule has 0 amide bonds. The van der Waals surface area contributed by atoms with E-state index in [9.17, 15) is 0 Å². The lowest BCUT2D eigenvalue weighted by molar-refractivity contribution is 1.21. The van der Waals surface area contributed by atoms with Crippen molar-refractivity contribution in [2.45, 2.75) is 0 Å². The van der Waals surface area contributed by atoms with Crippen LogP contribution in [0.4, 0.5) is 0 Å². The summed E-state index contributed by atoms with van der Waals surface area (Å²) in [5.41, 5.74) is 1.11. The first-order chi connectivity index (χ1) is 4.34. The molecular weight excluding hydrogens is 150 g/mol. The molecule has 0 bridgehead atoms. The third-order valence-corrected chi connectivity index (χ3v) is 2.13. The van der Waals surface area contributed by atoms with Crippen molar-refractivity contribution in [2.24, 2.45) is 0 Å². The second kappa shape index (κ2) is 2.94. The van der Waals surface area contributed by atoms with Crippen LogP contribution in [0.1, 0.15) is 5.56 Å². The van der Waals surface area contributed by atoms with Gasteiger partial charge in [0.2, 0.25) is 0 Å². The normalized spacial score (nSPS) is 9.00. The third kappa shape index (κ3) is 1.50. The summed E-state index contributed by atoms with van der Waals surface area (Å²) in [6, 6.07) is 2.00. The van der Waals surface area contributed by atoms with Crippen LogP contribution in [0.15, 0.2) is 16.8 Å². The summed E-state index contributed by atoms with van der Waals surface area (Å²) in [6.07, 6.45) is 0. The van der Waals surface area contributed by atoms with Gasteiger partial charge < -0.3 is 5.32 Å². The highest BCUT2D eigenvalue weighted by Gasteiger charge is 1.94. The Morgan fingerprint density at radius 1 is 1.78 bits per heavy atom. The van der Waals surface area contributed by atoms with Crippen molar-refractivity contribution in [1.29, 1.82) is 0 Å². The molecule has 0 aromatic carbocycles. The predicted molar refractivity (Wildman–Crippen MR) is 45.1 cm³/mol. The number of nitrogens with one attached hydrogen (secondary N) is 1. The van der Waals surface area contributed by atoms with Crippen molar-refractivity contribution in [1.82, 2.24) is 5.32 Å². The third-order valence-electron chi connectivity index (χ3n) is 1.01. The van der Waals surface area contributed by atoms with Crippen molar-refractivity contribution in [2.75, 3.05) is 7.05 Å². The van der Waals surface area contributed by atoms with Crippen LogP contribution in [0.5, 0.6) is 0 Å². The van der Waals surface area contributed by atoms with Gasteiger partial charge in [0, 0.05) is 18.0 Å². The summed E-state index contributed by atoms with van der Waals surface area (Å²) in [5.74, 6) is 0. The Labute approximate surface area is 63.7 Å². The molecule has 0 fully saturated rings. The summed E-state index contributed by atoms with van der Waals surface area (Å²) in [5, 5.41) is 6.94. The van der Waals surface area contributed by atoms with E-state index >= 15 is 0 Å². The van der Waals surface area contributed by atoms with Crippen molar-refractivity contribution < 1.29 is 0 Å². The SMILES string of the molecule is CNC(=S)c1ccsc1. The fraction of sp³-hybridized carbons (Fsp3) is 0.167. The zero-order valence-electron chi connectivity index (χ0n) is 5.05. The minimum Gasteiger partial charge on any atom is -0.379 e. The highest BCUT2D eigenvalue weighted by Crippen LogP contribution is 2.05. The average Bonchev–Trinajstić information content (AvgIpc) is 2.37. The van der Waals surface area contributed by atoms with E-state index < -0.39 is 0 Å². The molecule has 1 nitrogen and oxygen atoms in total. The predicted octanol–water partition coefficient (Wildman–Crippen LogP) is 1.64. The van der Waals surface area contributed by atoms with Gasteiger partial charge in [-0.1, -0.05) is 12.2 Å². The second-order valence-electron chi connectivity index (χ2n) is 1.59. The summed E-state index contributed by atoms with van der Waals surface area (Å²) >= 11 is 6.63. The Morgan fingerprint density at radius 2 is 2.56 bits per heavy atom. The molecule has 48 valence electrons. The number of rotatable bonds is 1. The molecule has 0 spiro atoms. The molecule has 9 heavy (non-hydrogen) atoms. The van der Waals surface area contributed by atoms with Crippen LogP contribution >= 0.6 is 23.6 Å². The van der Waals surface area contributed by atoms with E-state index in [4.69, 9.17) is 12.2 Å². The lowest BCUT2D eigenvalue weighted by Gasteiger charge is -1.95. The second-order valence-corrected chi connectivity index (χ2v) is 2.78. The molecule has 0 saturated carbocycles.